The van der Waals surface area contributed by atoms with Crippen LogP contribution in [0.2, 0.25) is 0 Å². The topological polar surface area (TPSA) is 102 Å². The summed E-state index contributed by atoms with van der Waals surface area (Å²) in [7, 11) is 1.82. The highest BCUT2D eigenvalue weighted by molar-refractivity contribution is 5.97. The zero-order chi connectivity index (χ0) is 14.0. The van der Waals surface area contributed by atoms with Crippen molar-refractivity contribution in [2.75, 3.05) is 5.73 Å². The predicted molar refractivity (Wildman–Crippen MR) is 71.5 cm³/mol. The first-order valence-corrected chi connectivity index (χ1v) is 6.09. The molecule has 0 fully saturated rings. The first-order chi connectivity index (χ1) is 9.00. The van der Waals surface area contributed by atoms with Gasteiger partial charge >= 0.3 is 0 Å². The van der Waals surface area contributed by atoms with Gasteiger partial charge in [-0.05, 0) is 12.0 Å². The van der Waals surface area contributed by atoms with Crippen LogP contribution in [0.15, 0.2) is 12.3 Å². The van der Waals surface area contributed by atoms with Crippen LogP contribution in [0.1, 0.15) is 41.6 Å². The minimum Gasteiger partial charge on any atom is -0.395 e. The molecule has 2 aromatic rings. The second-order valence-electron chi connectivity index (χ2n) is 4.68. The number of amides is 1. The highest BCUT2D eigenvalue weighted by Gasteiger charge is 2.18. The molecule has 0 radical (unpaired) electrons. The molecule has 2 heterocycles. The van der Waals surface area contributed by atoms with E-state index in [2.05, 4.69) is 20.6 Å². The summed E-state index contributed by atoms with van der Waals surface area (Å²) in [4.78, 5) is 12.0. The Morgan fingerprint density at radius 2 is 2.32 bits per heavy atom. The average Bonchev–Trinajstić information content (AvgIpc) is 2.92. The third kappa shape index (κ3) is 2.59. The normalized spacial score (nSPS) is 10.9. The molecule has 19 heavy (non-hydrogen) atoms. The van der Waals surface area contributed by atoms with E-state index in [0.717, 1.165) is 11.4 Å². The molecule has 0 spiro atoms. The molecule has 4 N–H and O–H groups in total. The van der Waals surface area contributed by atoms with E-state index < -0.39 is 0 Å². The number of nitrogen functional groups attached to an aromatic ring is 1. The molecule has 7 heteroatoms. The summed E-state index contributed by atoms with van der Waals surface area (Å²) < 4.78 is 1.70. The van der Waals surface area contributed by atoms with E-state index in [0.29, 0.717) is 12.2 Å². The molecule has 2 aromatic heterocycles. The van der Waals surface area contributed by atoms with Crippen LogP contribution in [0.4, 0.5) is 5.69 Å². The number of nitrogens with two attached hydrogens (primary N) is 1. The first kappa shape index (κ1) is 13.1. The maximum atomic E-state index is 12.0. The number of rotatable bonds is 4. The summed E-state index contributed by atoms with van der Waals surface area (Å²) in [5.41, 5.74) is 8.26. The summed E-state index contributed by atoms with van der Waals surface area (Å²) in [6.07, 6.45) is 1.68. The standard InChI is InChI=1S/C12H18N6O/c1-7(2)10-9(13)11(17-16-10)12(19)14-6-8-4-5-15-18(8)3/h4-5,7H,6,13H2,1-3H3,(H,14,19)(H,16,17). The Hall–Kier alpha value is -2.31. The number of carbonyl (C=O) groups excluding carboxylic acids is 1. The Balaban J connectivity index is 2.06. The fraction of sp³-hybridized carbons (Fsp3) is 0.417. The molecule has 1 amide bonds. The average molecular weight is 262 g/mol. The second kappa shape index (κ2) is 5.13. The molecule has 0 aliphatic rings. The lowest BCUT2D eigenvalue weighted by atomic mass is 10.1. The number of aryl methyl sites for hydroxylation is 1. The number of anilines is 1. The number of carbonyl (C=O) groups is 1. The van der Waals surface area contributed by atoms with Gasteiger partial charge in [0.25, 0.3) is 5.91 Å². The van der Waals surface area contributed by atoms with Gasteiger partial charge in [0.05, 0.1) is 23.6 Å². The second-order valence-corrected chi connectivity index (χ2v) is 4.68. The molecule has 0 aromatic carbocycles. The lowest BCUT2D eigenvalue weighted by molar-refractivity contribution is 0.0946. The minimum absolute atomic E-state index is 0.200. The van der Waals surface area contributed by atoms with Crippen molar-refractivity contribution in [3.05, 3.63) is 29.3 Å². The highest BCUT2D eigenvalue weighted by Crippen LogP contribution is 2.21. The van der Waals surface area contributed by atoms with Crippen molar-refractivity contribution in [1.82, 2.24) is 25.3 Å². The van der Waals surface area contributed by atoms with Crippen LogP contribution < -0.4 is 11.1 Å². The smallest absolute Gasteiger partial charge is 0.274 e. The number of H-pyrrole nitrogens is 1. The molecule has 0 atom stereocenters. The van der Waals surface area contributed by atoms with Crippen molar-refractivity contribution in [2.24, 2.45) is 7.05 Å². The van der Waals surface area contributed by atoms with Crippen LogP contribution in [-0.2, 0) is 13.6 Å². The Labute approximate surface area is 111 Å². The number of hydrogen-bond donors (Lipinski definition) is 3. The zero-order valence-corrected chi connectivity index (χ0v) is 11.3. The Bertz CT molecular complexity index is 583. The maximum absolute atomic E-state index is 12.0. The van der Waals surface area contributed by atoms with Crippen LogP contribution in [-0.4, -0.2) is 25.9 Å². The van der Waals surface area contributed by atoms with E-state index in [4.69, 9.17) is 5.73 Å². The summed E-state index contributed by atoms with van der Waals surface area (Å²) in [6.45, 7) is 4.36. The van der Waals surface area contributed by atoms with Crippen molar-refractivity contribution in [3.8, 4) is 0 Å². The molecule has 0 unspecified atom stereocenters. The molecule has 0 saturated heterocycles. The summed E-state index contributed by atoms with van der Waals surface area (Å²) >= 11 is 0. The van der Waals surface area contributed by atoms with E-state index in [-0.39, 0.29) is 17.5 Å². The Kier molecular flexibility index (Phi) is 3.55. The van der Waals surface area contributed by atoms with Crippen LogP contribution >= 0.6 is 0 Å². The van der Waals surface area contributed by atoms with Gasteiger partial charge in [-0.3, -0.25) is 14.6 Å². The number of nitrogens with zero attached hydrogens (tertiary/aromatic N) is 3. The molecule has 0 bridgehead atoms. The zero-order valence-electron chi connectivity index (χ0n) is 11.3. The van der Waals surface area contributed by atoms with E-state index in [1.165, 1.54) is 0 Å². The summed E-state index contributed by atoms with van der Waals surface area (Å²) in [5.74, 6) is -0.0898. The van der Waals surface area contributed by atoms with Gasteiger partial charge in [0.2, 0.25) is 0 Å². The quantitative estimate of drug-likeness (QED) is 0.757. The van der Waals surface area contributed by atoms with Crippen LogP contribution in [0, 0.1) is 0 Å². The highest BCUT2D eigenvalue weighted by atomic mass is 16.1. The van der Waals surface area contributed by atoms with Gasteiger partial charge in [0.1, 0.15) is 0 Å². The molecule has 7 nitrogen and oxygen atoms in total. The van der Waals surface area contributed by atoms with Crippen molar-refractivity contribution < 1.29 is 4.79 Å². The van der Waals surface area contributed by atoms with E-state index in [9.17, 15) is 4.79 Å². The van der Waals surface area contributed by atoms with Crippen molar-refractivity contribution in [1.29, 1.82) is 0 Å². The fourth-order valence-electron chi connectivity index (χ4n) is 1.81. The molecular weight excluding hydrogens is 244 g/mol. The van der Waals surface area contributed by atoms with Gasteiger partial charge in [-0.1, -0.05) is 13.8 Å². The largest absolute Gasteiger partial charge is 0.395 e. The summed E-state index contributed by atoms with van der Waals surface area (Å²) in [6, 6.07) is 1.84. The van der Waals surface area contributed by atoms with Gasteiger partial charge in [0.15, 0.2) is 5.69 Å². The fourth-order valence-corrected chi connectivity index (χ4v) is 1.81. The Morgan fingerprint density at radius 1 is 1.58 bits per heavy atom. The van der Waals surface area contributed by atoms with Gasteiger partial charge in [-0.15, -0.1) is 0 Å². The number of aromatic amines is 1. The molecule has 0 saturated carbocycles. The first-order valence-electron chi connectivity index (χ1n) is 6.09. The molecule has 0 aliphatic heterocycles. The maximum Gasteiger partial charge on any atom is 0.274 e. The third-order valence-corrected chi connectivity index (χ3v) is 2.98. The molecule has 2 rings (SSSR count). The van der Waals surface area contributed by atoms with Gasteiger partial charge in [0, 0.05) is 13.2 Å². The van der Waals surface area contributed by atoms with Crippen molar-refractivity contribution in [2.45, 2.75) is 26.3 Å². The SMILES string of the molecule is CC(C)c1[nH]nc(C(=O)NCc2ccnn2C)c1N. The molecule has 102 valence electrons. The van der Waals surface area contributed by atoms with Gasteiger partial charge in [-0.2, -0.15) is 10.2 Å². The summed E-state index contributed by atoms with van der Waals surface area (Å²) in [5, 5.41) is 13.6. The van der Waals surface area contributed by atoms with Crippen LogP contribution in [0.3, 0.4) is 0 Å². The van der Waals surface area contributed by atoms with E-state index in [1.807, 2.05) is 27.0 Å². The minimum atomic E-state index is -0.290. The van der Waals surface area contributed by atoms with Crippen molar-refractivity contribution >= 4 is 11.6 Å². The molecule has 0 aliphatic carbocycles. The Morgan fingerprint density at radius 3 is 2.84 bits per heavy atom. The van der Waals surface area contributed by atoms with Gasteiger partial charge in [-0.25, -0.2) is 0 Å². The van der Waals surface area contributed by atoms with E-state index in [1.54, 1.807) is 10.9 Å². The third-order valence-electron chi connectivity index (χ3n) is 2.98. The van der Waals surface area contributed by atoms with E-state index >= 15 is 0 Å². The monoisotopic (exact) mass is 262 g/mol. The number of aromatic nitrogens is 4. The van der Waals surface area contributed by atoms with Crippen LogP contribution in [0.25, 0.3) is 0 Å². The lowest BCUT2D eigenvalue weighted by Gasteiger charge is -2.05. The lowest BCUT2D eigenvalue weighted by Crippen LogP contribution is -2.25. The van der Waals surface area contributed by atoms with Crippen molar-refractivity contribution in [3.63, 3.8) is 0 Å². The van der Waals surface area contributed by atoms with Gasteiger partial charge < -0.3 is 11.1 Å². The molecular formula is C12H18N6O. The number of nitrogens with one attached hydrogen (secondary N) is 2. The number of hydrogen-bond acceptors (Lipinski definition) is 4. The predicted octanol–water partition coefficient (Wildman–Crippen LogP) is 0.779. The van der Waals surface area contributed by atoms with Crippen LogP contribution in [0.5, 0.6) is 0 Å².